The molecule has 2 aromatic carbocycles. The van der Waals surface area contributed by atoms with Gasteiger partial charge in [0, 0.05) is 23.4 Å². The molecule has 0 unspecified atom stereocenters. The maximum absolute atomic E-state index is 6.23. The number of pyridine rings is 1. The third kappa shape index (κ3) is 5.83. The molecule has 0 aliphatic heterocycles. The van der Waals surface area contributed by atoms with Crippen LogP contribution in [0.5, 0.6) is 5.75 Å². The highest BCUT2D eigenvalue weighted by molar-refractivity contribution is 5.99. The van der Waals surface area contributed by atoms with E-state index in [0.717, 1.165) is 35.1 Å². The van der Waals surface area contributed by atoms with Gasteiger partial charge in [0.25, 0.3) is 0 Å². The molecule has 6 nitrogen and oxygen atoms in total. The molecule has 4 N–H and O–H groups in total. The van der Waals surface area contributed by atoms with Crippen LogP contribution >= 0.6 is 0 Å². The second-order valence-corrected chi connectivity index (χ2v) is 7.82. The number of nitrogens with one attached hydrogen (secondary N) is 2. The van der Waals surface area contributed by atoms with E-state index in [1.165, 1.54) is 5.56 Å². The van der Waals surface area contributed by atoms with Crippen molar-refractivity contribution in [1.82, 2.24) is 16.0 Å². The molecule has 0 spiro atoms. The predicted molar refractivity (Wildman–Crippen MR) is 128 cm³/mol. The molecular formula is C25H31N5O. The number of hydrazine groups is 1. The van der Waals surface area contributed by atoms with Gasteiger partial charge < -0.3 is 10.6 Å². The maximum Gasteiger partial charge on any atom is 0.149 e. The van der Waals surface area contributed by atoms with E-state index in [4.69, 9.17) is 15.6 Å². The number of hydrogen-bond donors (Lipinski definition) is 3. The number of aliphatic imine (C=N–C) groups is 1. The summed E-state index contributed by atoms with van der Waals surface area (Å²) in [7, 11) is 0. The van der Waals surface area contributed by atoms with Crippen molar-refractivity contribution in [1.29, 1.82) is 0 Å². The van der Waals surface area contributed by atoms with Crippen molar-refractivity contribution in [3.05, 3.63) is 78.1 Å². The molecule has 1 aliphatic rings. The first-order valence-electron chi connectivity index (χ1n) is 10.3. The highest BCUT2D eigenvalue weighted by atomic mass is 16.7. The van der Waals surface area contributed by atoms with Crippen molar-refractivity contribution in [3.63, 3.8) is 0 Å². The van der Waals surface area contributed by atoms with Gasteiger partial charge in [0.05, 0.1) is 11.2 Å². The second kappa shape index (κ2) is 10.1. The molecule has 162 valence electrons. The third-order valence-electron chi connectivity index (χ3n) is 5.11. The van der Waals surface area contributed by atoms with E-state index in [1.807, 2.05) is 48.5 Å². The average Bonchev–Trinajstić information content (AvgIpc) is 3.60. The summed E-state index contributed by atoms with van der Waals surface area (Å²) in [6.07, 6.45) is 5.89. The van der Waals surface area contributed by atoms with Crippen LogP contribution in [0.15, 0.2) is 77.6 Å². The minimum Gasteiger partial charge on any atom is -0.402 e. The average molecular weight is 418 g/mol. The van der Waals surface area contributed by atoms with Gasteiger partial charge in [-0.3, -0.25) is 10.4 Å². The first-order chi connectivity index (χ1) is 14.6. The number of rotatable bonds is 7. The maximum atomic E-state index is 6.23. The fourth-order valence-electron chi connectivity index (χ4n) is 3.16. The molecule has 0 atom stereocenters. The number of amidine groups is 1. The van der Waals surface area contributed by atoms with Gasteiger partial charge in [-0.2, -0.15) is 0 Å². The molecule has 31 heavy (non-hydrogen) atoms. The Morgan fingerprint density at radius 1 is 1.13 bits per heavy atom. The van der Waals surface area contributed by atoms with Gasteiger partial charge in [0.1, 0.15) is 11.6 Å². The molecular weight excluding hydrogens is 386 g/mol. The van der Waals surface area contributed by atoms with Crippen LogP contribution in [0.25, 0.3) is 10.9 Å². The second-order valence-electron chi connectivity index (χ2n) is 7.82. The van der Waals surface area contributed by atoms with Crippen LogP contribution in [0.4, 0.5) is 5.69 Å². The SMILES string of the molecule is C.CC(C)c1ccc(ONNC(/C=C(\N)C2CC2)=Nc2cccc3ncccc23)cc1. The molecule has 0 saturated heterocycles. The minimum atomic E-state index is 0. The summed E-state index contributed by atoms with van der Waals surface area (Å²) in [5, 5.41) is 0.975. The Labute approximate surface area is 184 Å². The van der Waals surface area contributed by atoms with Crippen LogP contribution < -0.4 is 21.6 Å². The Hall–Kier alpha value is -3.38. The largest absolute Gasteiger partial charge is 0.402 e. The van der Waals surface area contributed by atoms with E-state index in [2.05, 4.69) is 42.0 Å². The Bertz CT molecular complexity index is 1060. The van der Waals surface area contributed by atoms with Crippen LogP contribution in [0.2, 0.25) is 0 Å². The van der Waals surface area contributed by atoms with Gasteiger partial charge >= 0.3 is 0 Å². The molecule has 6 heteroatoms. The number of aromatic nitrogens is 1. The molecule has 1 fully saturated rings. The van der Waals surface area contributed by atoms with Crippen molar-refractivity contribution in [3.8, 4) is 5.75 Å². The van der Waals surface area contributed by atoms with E-state index < -0.39 is 0 Å². The van der Waals surface area contributed by atoms with E-state index in [9.17, 15) is 0 Å². The van der Waals surface area contributed by atoms with Gasteiger partial charge in [0.15, 0.2) is 0 Å². The smallest absolute Gasteiger partial charge is 0.149 e. The predicted octanol–water partition coefficient (Wildman–Crippen LogP) is 5.37. The van der Waals surface area contributed by atoms with Crippen LogP contribution in [0.3, 0.4) is 0 Å². The zero-order valence-corrected chi connectivity index (χ0v) is 17.3. The van der Waals surface area contributed by atoms with Crippen molar-refractivity contribution in [2.24, 2.45) is 16.6 Å². The third-order valence-corrected chi connectivity index (χ3v) is 5.11. The first-order valence-corrected chi connectivity index (χ1v) is 10.3. The van der Waals surface area contributed by atoms with Crippen molar-refractivity contribution >= 4 is 22.4 Å². The molecule has 1 aromatic heterocycles. The summed E-state index contributed by atoms with van der Waals surface area (Å²) in [5.74, 6) is 2.21. The molecule has 1 saturated carbocycles. The number of hydrogen-bond acceptors (Lipinski definition) is 5. The fraction of sp³-hybridized carbons (Fsp3) is 0.280. The fourth-order valence-corrected chi connectivity index (χ4v) is 3.16. The summed E-state index contributed by atoms with van der Waals surface area (Å²) in [6, 6.07) is 17.8. The topological polar surface area (TPSA) is 84.6 Å². The van der Waals surface area contributed by atoms with Gasteiger partial charge in [0.2, 0.25) is 0 Å². The van der Waals surface area contributed by atoms with Crippen LogP contribution in [0, 0.1) is 5.92 Å². The number of benzene rings is 2. The molecule has 0 bridgehead atoms. The van der Waals surface area contributed by atoms with Crippen LogP contribution in [-0.4, -0.2) is 10.8 Å². The molecule has 4 rings (SSSR count). The summed E-state index contributed by atoms with van der Waals surface area (Å²) >= 11 is 0. The van der Waals surface area contributed by atoms with Gasteiger partial charge in [-0.15, -0.1) is 0 Å². The quantitative estimate of drug-likeness (QED) is 0.274. The number of fused-ring (bicyclic) bond motifs is 1. The lowest BCUT2D eigenvalue weighted by Gasteiger charge is -2.12. The van der Waals surface area contributed by atoms with Crippen molar-refractivity contribution < 1.29 is 4.84 Å². The highest BCUT2D eigenvalue weighted by Gasteiger charge is 2.24. The summed E-state index contributed by atoms with van der Waals surface area (Å²) in [5.41, 5.74) is 15.8. The normalized spacial score (nSPS) is 14.4. The van der Waals surface area contributed by atoms with E-state index in [-0.39, 0.29) is 7.43 Å². The minimum absolute atomic E-state index is 0. The van der Waals surface area contributed by atoms with Crippen LogP contribution in [0.1, 0.15) is 45.6 Å². The monoisotopic (exact) mass is 417 g/mol. The lowest BCUT2D eigenvalue weighted by atomic mass is 10.0. The Kier molecular flexibility index (Phi) is 7.26. The lowest BCUT2D eigenvalue weighted by Crippen LogP contribution is -2.39. The lowest BCUT2D eigenvalue weighted by molar-refractivity contribution is 0.174. The molecule has 3 aromatic rings. The Balaban J connectivity index is 0.00000272. The molecule has 0 radical (unpaired) electrons. The Morgan fingerprint density at radius 2 is 1.90 bits per heavy atom. The summed E-state index contributed by atoms with van der Waals surface area (Å²) in [6.45, 7) is 4.33. The number of allylic oxidation sites excluding steroid dienone is 1. The summed E-state index contributed by atoms with van der Waals surface area (Å²) in [4.78, 5) is 14.8. The standard InChI is InChI=1S/C24H27N5O.CH4/c1-16(2)17-10-12-19(13-11-17)30-29-28-24(15-21(25)18-8-9-18)27-23-7-3-6-22-20(23)5-4-14-26-22;/h3-7,10-16,18,29H,8-9,25H2,1-2H3,(H,27,28);1H4/b21-15-;. The summed E-state index contributed by atoms with van der Waals surface area (Å²) < 4.78 is 0. The highest BCUT2D eigenvalue weighted by Crippen LogP contribution is 2.33. The van der Waals surface area contributed by atoms with E-state index >= 15 is 0 Å². The molecule has 0 amide bonds. The van der Waals surface area contributed by atoms with Crippen molar-refractivity contribution in [2.45, 2.75) is 40.0 Å². The molecule has 1 heterocycles. The van der Waals surface area contributed by atoms with E-state index in [1.54, 1.807) is 6.20 Å². The van der Waals surface area contributed by atoms with Crippen molar-refractivity contribution in [2.75, 3.05) is 0 Å². The van der Waals surface area contributed by atoms with E-state index in [0.29, 0.717) is 23.4 Å². The van der Waals surface area contributed by atoms with Gasteiger partial charge in [-0.05, 0) is 66.6 Å². The zero-order chi connectivity index (χ0) is 20.9. The molecule has 1 aliphatic carbocycles. The van der Waals surface area contributed by atoms with Gasteiger partial charge in [-0.1, -0.05) is 45.1 Å². The number of nitrogens with two attached hydrogens (primary N) is 1. The number of nitrogens with zero attached hydrogens (tertiary/aromatic N) is 2. The Morgan fingerprint density at radius 3 is 2.61 bits per heavy atom. The zero-order valence-electron chi connectivity index (χ0n) is 17.3. The van der Waals surface area contributed by atoms with Gasteiger partial charge in [-0.25, -0.2) is 4.99 Å². The first kappa shape index (κ1) is 22.3. The van der Waals surface area contributed by atoms with Crippen LogP contribution in [-0.2, 0) is 0 Å².